The molecule has 5 heteroatoms. The summed E-state index contributed by atoms with van der Waals surface area (Å²) in [6, 6.07) is 7.27. The molecular formula is C8H6Cl2O2S. The van der Waals surface area contributed by atoms with Crippen molar-refractivity contribution in [2.75, 3.05) is 0 Å². The molecule has 0 aromatic heterocycles. The van der Waals surface area contributed by atoms with Crippen molar-refractivity contribution in [3.8, 4) is 0 Å². The highest BCUT2D eigenvalue weighted by Gasteiger charge is 1.98. The van der Waals surface area contributed by atoms with E-state index in [1.807, 2.05) is 12.1 Å². The second-order valence-corrected chi connectivity index (χ2v) is 3.65. The molecule has 0 aliphatic carbocycles. The molecule has 0 aliphatic heterocycles. The van der Waals surface area contributed by atoms with Crippen LogP contribution in [0.15, 0.2) is 24.3 Å². The predicted molar refractivity (Wildman–Crippen MR) is 55.1 cm³/mol. The fraction of sp³-hybridized carbons (Fsp3) is 0.125. The van der Waals surface area contributed by atoms with Gasteiger partial charge in [0.15, 0.2) is 0 Å². The number of hydrogen-bond donors (Lipinski definition) is 0. The van der Waals surface area contributed by atoms with Gasteiger partial charge in [0.2, 0.25) is 0 Å². The van der Waals surface area contributed by atoms with Crippen molar-refractivity contribution >= 4 is 40.7 Å². The summed E-state index contributed by atoms with van der Waals surface area (Å²) < 4.78 is 4.49. The maximum atomic E-state index is 10.2. The summed E-state index contributed by atoms with van der Waals surface area (Å²) in [7, 11) is 0. The Morgan fingerprint density at radius 3 is 2.54 bits per heavy atom. The van der Waals surface area contributed by atoms with E-state index in [9.17, 15) is 4.79 Å². The Balaban J connectivity index is 2.37. The van der Waals surface area contributed by atoms with E-state index in [1.165, 1.54) is 0 Å². The van der Waals surface area contributed by atoms with Crippen LogP contribution in [0.2, 0.25) is 5.02 Å². The zero-order chi connectivity index (χ0) is 9.68. The molecule has 0 saturated carbocycles. The average Bonchev–Trinajstić information content (AvgIpc) is 2.08. The number of benzene rings is 1. The van der Waals surface area contributed by atoms with Gasteiger partial charge in [-0.1, -0.05) is 23.7 Å². The molecule has 1 aromatic rings. The lowest BCUT2D eigenvalue weighted by Gasteiger charge is -1.99. The minimum absolute atomic E-state index is 0.565. The van der Waals surface area contributed by atoms with Gasteiger partial charge in [-0.2, -0.15) is 0 Å². The third kappa shape index (κ3) is 4.41. The van der Waals surface area contributed by atoms with E-state index in [2.05, 4.69) is 4.18 Å². The quantitative estimate of drug-likeness (QED) is 0.589. The van der Waals surface area contributed by atoms with E-state index in [0.717, 1.165) is 17.6 Å². The molecule has 0 unspecified atom stereocenters. The summed E-state index contributed by atoms with van der Waals surface area (Å²) >= 11 is 11.6. The van der Waals surface area contributed by atoms with Gasteiger partial charge in [-0.15, -0.1) is 0 Å². The topological polar surface area (TPSA) is 26.3 Å². The van der Waals surface area contributed by atoms with Gasteiger partial charge in [0.05, 0.1) is 17.8 Å². The Morgan fingerprint density at radius 1 is 1.38 bits per heavy atom. The van der Waals surface area contributed by atoms with Crippen molar-refractivity contribution in [2.24, 2.45) is 0 Å². The molecule has 0 atom stereocenters. The Bertz CT molecular complexity index is 287. The summed E-state index contributed by atoms with van der Waals surface area (Å²) in [4.78, 5) is 10.2. The van der Waals surface area contributed by atoms with Crippen LogP contribution in [0, 0.1) is 0 Å². The molecule has 70 valence electrons. The van der Waals surface area contributed by atoms with Crippen molar-refractivity contribution in [3.05, 3.63) is 34.9 Å². The molecule has 0 bridgehead atoms. The van der Waals surface area contributed by atoms with Gasteiger partial charge in [0.1, 0.15) is 0 Å². The normalized spacial score (nSPS) is 9.69. The lowest BCUT2D eigenvalue weighted by molar-refractivity contribution is 0.232. The van der Waals surface area contributed by atoms with Crippen LogP contribution in [0.25, 0.3) is 0 Å². The van der Waals surface area contributed by atoms with Crippen LogP contribution in [0.5, 0.6) is 0 Å². The van der Waals surface area contributed by atoms with Gasteiger partial charge in [0.25, 0.3) is 0 Å². The lowest BCUT2D eigenvalue weighted by Crippen LogP contribution is -1.85. The van der Waals surface area contributed by atoms with Gasteiger partial charge < -0.3 is 4.18 Å². The first-order valence-electron chi connectivity index (χ1n) is 3.42. The summed E-state index contributed by atoms with van der Waals surface area (Å²) in [6.07, 6.45) is 0. The standard InChI is InChI=1S/C8H6Cl2O2S/c9-7-3-1-6(2-4-7)5-13-12-8(10)11/h1-4H,5H2. The molecule has 0 fully saturated rings. The largest absolute Gasteiger partial charge is 0.415 e. The van der Waals surface area contributed by atoms with Crippen LogP contribution in [-0.2, 0) is 9.94 Å². The van der Waals surface area contributed by atoms with Crippen LogP contribution in [0.4, 0.5) is 4.79 Å². The number of halogens is 2. The highest BCUT2D eigenvalue weighted by atomic mass is 35.5. The Morgan fingerprint density at radius 2 is 2.00 bits per heavy atom. The van der Waals surface area contributed by atoms with Gasteiger partial charge in [-0.05, 0) is 17.7 Å². The lowest BCUT2D eigenvalue weighted by atomic mass is 10.2. The zero-order valence-corrected chi connectivity index (χ0v) is 8.83. The second kappa shape index (κ2) is 5.37. The molecule has 13 heavy (non-hydrogen) atoms. The second-order valence-electron chi connectivity index (χ2n) is 2.21. The van der Waals surface area contributed by atoms with Crippen molar-refractivity contribution in [1.29, 1.82) is 0 Å². The van der Waals surface area contributed by atoms with Crippen molar-refractivity contribution in [3.63, 3.8) is 0 Å². The molecule has 1 rings (SSSR count). The van der Waals surface area contributed by atoms with E-state index in [-0.39, 0.29) is 0 Å². The zero-order valence-electron chi connectivity index (χ0n) is 6.50. The number of hydrogen-bond acceptors (Lipinski definition) is 3. The van der Waals surface area contributed by atoms with Gasteiger partial charge in [0, 0.05) is 16.6 Å². The molecule has 2 nitrogen and oxygen atoms in total. The van der Waals surface area contributed by atoms with Gasteiger partial charge >= 0.3 is 5.43 Å². The van der Waals surface area contributed by atoms with Crippen LogP contribution in [0.3, 0.4) is 0 Å². The molecule has 0 heterocycles. The minimum Gasteiger partial charge on any atom is -0.379 e. The van der Waals surface area contributed by atoms with Crippen molar-refractivity contribution in [1.82, 2.24) is 0 Å². The highest BCUT2D eigenvalue weighted by molar-refractivity contribution is 7.94. The summed E-state index contributed by atoms with van der Waals surface area (Å²) in [5.41, 5.74) is 0.214. The van der Waals surface area contributed by atoms with Crippen molar-refractivity contribution in [2.45, 2.75) is 5.75 Å². The van der Waals surface area contributed by atoms with E-state index < -0.39 is 5.43 Å². The van der Waals surface area contributed by atoms with E-state index in [1.54, 1.807) is 12.1 Å². The first-order valence-corrected chi connectivity index (χ1v) is 5.08. The smallest absolute Gasteiger partial charge is 0.379 e. The van der Waals surface area contributed by atoms with Crippen LogP contribution < -0.4 is 0 Å². The highest BCUT2D eigenvalue weighted by Crippen LogP contribution is 2.16. The SMILES string of the molecule is O=C(Cl)OSCc1ccc(Cl)cc1. The minimum atomic E-state index is -0.807. The third-order valence-electron chi connectivity index (χ3n) is 1.26. The Hall–Kier alpha value is -0.380. The van der Waals surface area contributed by atoms with Crippen molar-refractivity contribution < 1.29 is 8.98 Å². The first kappa shape index (κ1) is 10.7. The maximum absolute atomic E-state index is 10.2. The van der Waals surface area contributed by atoms with E-state index >= 15 is 0 Å². The molecule has 0 N–H and O–H groups in total. The summed E-state index contributed by atoms with van der Waals surface area (Å²) in [5, 5.41) is 0.683. The van der Waals surface area contributed by atoms with E-state index in [0.29, 0.717) is 10.8 Å². The van der Waals surface area contributed by atoms with Crippen LogP contribution >= 0.6 is 35.2 Å². The molecule has 0 amide bonds. The molecule has 0 aliphatic rings. The average molecular weight is 237 g/mol. The molecular weight excluding hydrogens is 231 g/mol. The molecule has 0 spiro atoms. The fourth-order valence-electron chi connectivity index (χ4n) is 0.724. The molecule has 0 radical (unpaired) electrons. The Kier molecular flexibility index (Phi) is 4.42. The third-order valence-corrected chi connectivity index (χ3v) is 2.40. The number of carbonyl (C=O) groups is 1. The maximum Gasteiger partial charge on any atom is 0.415 e. The monoisotopic (exact) mass is 236 g/mol. The fourth-order valence-corrected chi connectivity index (χ4v) is 1.46. The Labute approximate surface area is 90.4 Å². The van der Waals surface area contributed by atoms with Crippen LogP contribution in [-0.4, -0.2) is 5.43 Å². The number of carbonyl (C=O) groups excluding carboxylic acids is 1. The molecule has 1 aromatic carbocycles. The number of rotatable bonds is 3. The van der Waals surface area contributed by atoms with Gasteiger partial charge in [-0.25, -0.2) is 4.79 Å². The van der Waals surface area contributed by atoms with Gasteiger partial charge in [-0.3, -0.25) is 0 Å². The summed E-state index contributed by atoms with van der Waals surface area (Å²) in [5.74, 6) is 0.565. The summed E-state index contributed by atoms with van der Waals surface area (Å²) in [6.45, 7) is 0. The van der Waals surface area contributed by atoms with Crippen LogP contribution in [0.1, 0.15) is 5.56 Å². The van der Waals surface area contributed by atoms with E-state index in [4.69, 9.17) is 23.2 Å². The predicted octanol–water partition coefficient (Wildman–Crippen LogP) is 3.86. The molecule has 0 saturated heterocycles. The first-order chi connectivity index (χ1) is 6.18.